The summed E-state index contributed by atoms with van der Waals surface area (Å²) in [6.45, 7) is 6.09. The molecular formula is C23H25FN6O. The van der Waals surface area contributed by atoms with Crippen molar-refractivity contribution < 1.29 is 9.18 Å². The summed E-state index contributed by atoms with van der Waals surface area (Å²) in [6, 6.07) is 12.2. The second-order valence-corrected chi connectivity index (χ2v) is 7.30. The first-order chi connectivity index (χ1) is 14.8. The maximum absolute atomic E-state index is 14.3. The number of anilines is 5. The molecule has 0 saturated heterocycles. The Balaban J connectivity index is 1.78. The number of nitrogens with zero attached hydrogens (tertiary/aromatic N) is 3. The van der Waals surface area contributed by atoms with Gasteiger partial charge in [0.05, 0.1) is 5.69 Å². The van der Waals surface area contributed by atoms with Crippen LogP contribution in [0.1, 0.15) is 11.1 Å². The van der Waals surface area contributed by atoms with Gasteiger partial charge in [-0.05, 0) is 63.0 Å². The minimum Gasteiger partial charge on any atom is -0.337 e. The number of amides is 1. The fraction of sp³-hybridized carbons (Fsp3) is 0.174. The Morgan fingerprint density at radius 3 is 2.52 bits per heavy atom. The summed E-state index contributed by atoms with van der Waals surface area (Å²) in [6.07, 6.45) is 2.80. The summed E-state index contributed by atoms with van der Waals surface area (Å²) in [5, 5.41) is 8.75. The van der Waals surface area contributed by atoms with E-state index in [0.717, 1.165) is 23.9 Å². The molecule has 1 heterocycles. The number of aromatic nitrogens is 2. The van der Waals surface area contributed by atoms with Gasteiger partial charge < -0.3 is 20.9 Å². The molecule has 3 N–H and O–H groups in total. The van der Waals surface area contributed by atoms with Crippen LogP contribution in [-0.2, 0) is 11.3 Å². The van der Waals surface area contributed by atoms with E-state index in [1.54, 1.807) is 6.20 Å². The molecule has 0 unspecified atom stereocenters. The van der Waals surface area contributed by atoms with Crippen LogP contribution in [0.25, 0.3) is 0 Å². The van der Waals surface area contributed by atoms with E-state index in [1.807, 2.05) is 45.3 Å². The standard InChI is InChI=1S/C23H25FN6O/c1-5-21(31)26-18-10-11-19(24)20(12-18)28-22-15(2)13-25-23(29-22)27-17-8-6-16(7-9-17)14-30(3)4/h5-13H,1,14H2,2-4H3,(H,26,31)(H2,25,27,28,29). The summed E-state index contributed by atoms with van der Waals surface area (Å²) in [7, 11) is 4.04. The molecule has 8 heteroatoms. The number of benzene rings is 2. The van der Waals surface area contributed by atoms with Crippen molar-refractivity contribution in [1.82, 2.24) is 14.9 Å². The summed E-state index contributed by atoms with van der Waals surface area (Å²) < 4.78 is 14.3. The molecule has 1 aromatic heterocycles. The topological polar surface area (TPSA) is 82.2 Å². The smallest absolute Gasteiger partial charge is 0.247 e. The first-order valence-corrected chi connectivity index (χ1v) is 9.68. The maximum atomic E-state index is 14.3. The molecule has 0 atom stereocenters. The molecule has 3 aromatic rings. The highest BCUT2D eigenvalue weighted by molar-refractivity contribution is 5.99. The second-order valence-electron chi connectivity index (χ2n) is 7.30. The van der Waals surface area contributed by atoms with Crippen LogP contribution in [0.2, 0.25) is 0 Å². The van der Waals surface area contributed by atoms with E-state index in [-0.39, 0.29) is 11.6 Å². The van der Waals surface area contributed by atoms with E-state index < -0.39 is 5.82 Å². The van der Waals surface area contributed by atoms with Gasteiger partial charge in [-0.25, -0.2) is 9.37 Å². The van der Waals surface area contributed by atoms with E-state index in [2.05, 4.69) is 37.4 Å². The zero-order valence-electron chi connectivity index (χ0n) is 17.7. The number of nitrogens with one attached hydrogen (secondary N) is 3. The molecule has 1 amide bonds. The van der Waals surface area contributed by atoms with E-state index in [1.165, 1.54) is 23.8 Å². The third-order valence-corrected chi connectivity index (χ3v) is 4.35. The molecule has 160 valence electrons. The van der Waals surface area contributed by atoms with Gasteiger partial charge in [0, 0.05) is 29.7 Å². The summed E-state index contributed by atoms with van der Waals surface area (Å²) in [4.78, 5) is 22.4. The maximum Gasteiger partial charge on any atom is 0.247 e. The zero-order chi connectivity index (χ0) is 22.4. The van der Waals surface area contributed by atoms with Gasteiger partial charge in [-0.1, -0.05) is 18.7 Å². The Labute approximate surface area is 181 Å². The normalized spacial score (nSPS) is 10.6. The minimum absolute atomic E-state index is 0.183. The predicted octanol–water partition coefficient (Wildman–Crippen LogP) is 4.60. The lowest BCUT2D eigenvalue weighted by molar-refractivity contribution is -0.111. The quantitative estimate of drug-likeness (QED) is 0.462. The third kappa shape index (κ3) is 6.10. The van der Waals surface area contributed by atoms with Crippen LogP contribution < -0.4 is 16.0 Å². The lowest BCUT2D eigenvalue weighted by atomic mass is 10.2. The molecule has 0 aliphatic carbocycles. The summed E-state index contributed by atoms with van der Waals surface area (Å²) >= 11 is 0. The number of hydrogen-bond donors (Lipinski definition) is 3. The van der Waals surface area contributed by atoms with Gasteiger partial charge in [-0.3, -0.25) is 4.79 Å². The van der Waals surface area contributed by atoms with Gasteiger partial charge in [0.15, 0.2) is 0 Å². The van der Waals surface area contributed by atoms with E-state index in [9.17, 15) is 9.18 Å². The number of hydrogen-bond acceptors (Lipinski definition) is 6. The Bertz CT molecular complexity index is 1080. The molecule has 0 radical (unpaired) electrons. The Morgan fingerprint density at radius 2 is 1.84 bits per heavy atom. The van der Waals surface area contributed by atoms with Gasteiger partial charge in [0.25, 0.3) is 0 Å². The Morgan fingerprint density at radius 1 is 1.13 bits per heavy atom. The van der Waals surface area contributed by atoms with Crippen LogP contribution in [0.4, 0.5) is 33.2 Å². The van der Waals surface area contributed by atoms with Crippen molar-refractivity contribution in [2.45, 2.75) is 13.5 Å². The summed E-state index contributed by atoms with van der Waals surface area (Å²) in [5.41, 5.74) is 3.41. The van der Waals surface area contributed by atoms with E-state index in [4.69, 9.17) is 0 Å². The van der Waals surface area contributed by atoms with Crippen molar-refractivity contribution in [1.29, 1.82) is 0 Å². The highest BCUT2D eigenvalue weighted by Gasteiger charge is 2.10. The first-order valence-electron chi connectivity index (χ1n) is 9.68. The molecule has 0 aliphatic heterocycles. The van der Waals surface area contributed by atoms with Gasteiger partial charge in [0.2, 0.25) is 11.9 Å². The van der Waals surface area contributed by atoms with Gasteiger partial charge in [0.1, 0.15) is 11.6 Å². The van der Waals surface area contributed by atoms with Crippen molar-refractivity contribution in [3.05, 3.63) is 78.3 Å². The van der Waals surface area contributed by atoms with E-state index >= 15 is 0 Å². The highest BCUT2D eigenvalue weighted by Crippen LogP contribution is 2.25. The average Bonchev–Trinajstić information content (AvgIpc) is 2.73. The highest BCUT2D eigenvalue weighted by atomic mass is 19.1. The number of carbonyl (C=O) groups excluding carboxylic acids is 1. The van der Waals surface area contributed by atoms with Gasteiger partial charge >= 0.3 is 0 Å². The Hall–Kier alpha value is -3.78. The van der Waals surface area contributed by atoms with Crippen LogP contribution in [0.15, 0.2) is 61.3 Å². The van der Waals surface area contributed by atoms with Gasteiger partial charge in [-0.2, -0.15) is 4.98 Å². The van der Waals surface area contributed by atoms with Crippen LogP contribution in [-0.4, -0.2) is 34.9 Å². The molecule has 0 bridgehead atoms. The molecule has 0 aliphatic rings. The van der Waals surface area contributed by atoms with Gasteiger partial charge in [-0.15, -0.1) is 0 Å². The molecule has 2 aromatic carbocycles. The largest absolute Gasteiger partial charge is 0.337 e. The molecule has 3 rings (SSSR count). The molecule has 0 spiro atoms. The average molecular weight is 420 g/mol. The summed E-state index contributed by atoms with van der Waals surface area (Å²) in [5.74, 6) is -0.0164. The fourth-order valence-electron chi connectivity index (χ4n) is 2.84. The second kappa shape index (κ2) is 9.82. The number of rotatable bonds is 8. The number of aryl methyl sites for hydroxylation is 1. The number of carbonyl (C=O) groups is 1. The monoisotopic (exact) mass is 420 g/mol. The van der Waals surface area contributed by atoms with Crippen LogP contribution in [0.5, 0.6) is 0 Å². The van der Waals surface area contributed by atoms with Crippen molar-refractivity contribution in [3.8, 4) is 0 Å². The Kier molecular flexibility index (Phi) is 6.94. The fourth-order valence-corrected chi connectivity index (χ4v) is 2.84. The molecule has 7 nitrogen and oxygen atoms in total. The third-order valence-electron chi connectivity index (χ3n) is 4.35. The van der Waals surface area contributed by atoms with Crippen LogP contribution in [0, 0.1) is 12.7 Å². The SMILES string of the molecule is C=CC(=O)Nc1ccc(F)c(Nc2nc(Nc3ccc(CN(C)C)cc3)ncc2C)c1. The number of halogens is 1. The minimum atomic E-state index is -0.472. The molecule has 0 saturated carbocycles. The zero-order valence-corrected chi connectivity index (χ0v) is 17.7. The molecular weight excluding hydrogens is 395 g/mol. The first kappa shape index (κ1) is 21.9. The van der Waals surface area contributed by atoms with Crippen LogP contribution in [0.3, 0.4) is 0 Å². The van der Waals surface area contributed by atoms with Crippen LogP contribution >= 0.6 is 0 Å². The van der Waals surface area contributed by atoms with Crippen molar-refractivity contribution in [2.75, 3.05) is 30.0 Å². The molecule has 0 fully saturated rings. The lowest BCUT2D eigenvalue weighted by Gasteiger charge is -2.13. The van der Waals surface area contributed by atoms with Crippen molar-refractivity contribution >= 4 is 34.7 Å². The molecule has 31 heavy (non-hydrogen) atoms. The van der Waals surface area contributed by atoms with E-state index in [0.29, 0.717) is 17.5 Å². The predicted molar refractivity (Wildman–Crippen MR) is 122 cm³/mol. The lowest BCUT2D eigenvalue weighted by Crippen LogP contribution is -2.10. The van der Waals surface area contributed by atoms with Crippen molar-refractivity contribution in [2.24, 2.45) is 0 Å². The van der Waals surface area contributed by atoms with Crippen molar-refractivity contribution in [3.63, 3.8) is 0 Å².